The zero-order chi connectivity index (χ0) is 25.2. The van der Waals surface area contributed by atoms with E-state index in [0.717, 1.165) is 66.4 Å². The van der Waals surface area contributed by atoms with Crippen LogP contribution in [0.15, 0.2) is 49.3 Å². The lowest BCUT2D eigenvalue weighted by Gasteiger charge is -2.17. The highest BCUT2D eigenvalue weighted by atomic mass is 15.1. The summed E-state index contributed by atoms with van der Waals surface area (Å²) in [7, 11) is 5.99. The van der Waals surface area contributed by atoms with Crippen LogP contribution in [0.2, 0.25) is 0 Å². The summed E-state index contributed by atoms with van der Waals surface area (Å²) in [6.07, 6.45) is 8.12. The van der Waals surface area contributed by atoms with Crippen molar-refractivity contribution >= 4 is 45.7 Å². The molecule has 1 aliphatic rings. The van der Waals surface area contributed by atoms with Gasteiger partial charge in [0.15, 0.2) is 0 Å². The van der Waals surface area contributed by atoms with Gasteiger partial charge in [0, 0.05) is 55.6 Å². The van der Waals surface area contributed by atoms with E-state index in [9.17, 15) is 0 Å². The molecule has 5 rings (SSSR count). The molecule has 0 atom stereocenters. The lowest BCUT2D eigenvalue weighted by molar-refractivity contribution is 0.425. The minimum absolute atomic E-state index is 0.506. The summed E-state index contributed by atoms with van der Waals surface area (Å²) < 4.78 is 2.35. The van der Waals surface area contributed by atoms with Gasteiger partial charge in [-0.3, -0.25) is 0 Å². The average Bonchev–Trinajstić information content (AvgIpc) is 3.25. The third-order valence-corrected chi connectivity index (χ3v) is 6.70. The number of likely N-dealkylation sites (N-methyl/N-ethyl adjacent to an activating group) is 1. The number of nitrogens with zero attached hydrogens (tertiary/aromatic N) is 4. The molecule has 186 valence electrons. The Morgan fingerprint density at radius 2 is 2.06 bits per heavy atom. The molecule has 0 spiro atoms. The molecule has 0 radical (unpaired) electrons. The maximum absolute atomic E-state index is 6.38. The zero-order valence-corrected chi connectivity index (χ0v) is 21.2. The predicted molar refractivity (Wildman–Crippen MR) is 152 cm³/mol. The van der Waals surface area contributed by atoms with Crippen molar-refractivity contribution < 1.29 is 0 Å². The highest BCUT2D eigenvalue weighted by molar-refractivity contribution is 5.99. The Balaban J connectivity index is 1.50. The number of nitrogens with two attached hydrogens (primary N) is 1. The van der Waals surface area contributed by atoms with E-state index in [1.54, 1.807) is 0 Å². The number of rotatable bonds is 9. The standard InChI is InChI=1S/C28H34N8/c1-5-18-16-32-28(33-25-14-22(29)23(15-24(25)30-2)31-11-13-35(3)4)34-26(18)21-17-36-12-7-9-19-8-6-10-20(21)27(19)36/h5-6,8,10,14-17,30-31H,1,7,9,11-13,29H2,2-4H3,(H,32,33,34). The Morgan fingerprint density at radius 1 is 1.19 bits per heavy atom. The van der Waals surface area contributed by atoms with Crippen molar-refractivity contribution in [3.63, 3.8) is 0 Å². The molecule has 1 aliphatic heterocycles. The van der Waals surface area contributed by atoms with E-state index in [0.29, 0.717) is 11.6 Å². The molecular formula is C28H34N8. The number of hydrogen-bond acceptors (Lipinski definition) is 7. The summed E-state index contributed by atoms with van der Waals surface area (Å²) in [5, 5.41) is 11.3. The topological polar surface area (TPSA) is 96.1 Å². The van der Waals surface area contributed by atoms with E-state index in [4.69, 9.17) is 10.7 Å². The molecule has 0 unspecified atom stereocenters. The van der Waals surface area contributed by atoms with Crippen molar-refractivity contribution in [3.05, 3.63) is 60.4 Å². The number of aryl methyl sites for hydroxylation is 2. The second kappa shape index (κ2) is 9.91. The van der Waals surface area contributed by atoms with Crippen molar-refractivity contribution in [2.75, 3.05) is 55.9 Å². The third-order valence-electron chi connectivity index (χ3n) is 6.70. The molecule has 2 aromatic carbocycles. The Morgan fingerprint density at radius 3 is 2.83 bits per heavy atom. The fourth-order valence-electron chi connectivity index (χ4n) is 4.88. The molecule has 3 heterocycles. The lowest BCUT2D eigenvalue weighted by atomic mass is 10.0. The second-order valence-corrected chi connectivity index (χ2v) is 9.44. The molecule has 36 heavy (non-hydrogen) atoms. The summed E-state index contributed by atoms with van der Waals surface area (Å²) in [5.41, 5.74) is 15.2. The summed E-state index contributed by atoms with van der Waals surface area (Å²) in [5.74, 6) is 0.506. The van der Waals surface area contributed by atoms with Gasteiger partial charge in [0.25, 0.3) is 0 Å². The van der Waals surface area contributed by atoms with Gasteiger partial charge in [-0.25, -0.2) is 9.97 Å². The molecule has 8 nitrogen and oxygen atoms in total. The number of nitrogens with one attached hydrogen (secondary N) is 3. The third kappa shape index (κ3) is 4.47. The molecule has 0 saturated heterocycles. The van der Waals surface area contributed by atoms with Crippen LogP contribution in [0.1, 0.15) is 17.5 Å². The number of hydrogen-bond donors (Lipinski definition) is 4. The van der Waals surface area contributed by atoms with Gasteiger partial charge < -0.3 is 31.2 Å². The van der Waals surface area contributed by atoms with Gasteiger partial charge in [-0.2, -0.15) is 0 Å². The maximum Gasteiger partial charge on any atom is 0.227 e. The van der Waals surface area contributed by atoms with E-state index >= 15 is 0 Å². The predicted octanol–water partition coefficient (Wildman–Crippen LogP) is 5.03. The zero-order valence-electron chi connectivity index (χ0n) is 21.2. The van der Waals surface area contributed by atoms with Crippen LogP contribution in [0.5, 0.6) is 0 Å². The van der Waals surface area contributed by atoms with Crippen LogP contribution in [0.3, 0.4) is 0 Å². The van der Waals surface area contributed by atoms with Crippen LogP contribution in [0, 0.1) is 0 Å². The van der Waals surface area contributed by atoms with Gasteiger partial charge in [-0.1, -0.05) is 30.9 Å². The van der Waals surface area contributed by atoms with Crippen LogP contribution in [-0.2, 0) is 13.0 Å². The first-order valence-corrected chi connectivity index (χ1v) is 12.4. The monoisotopic (exact) mass is 482 g/mol. The van der Waals surface area contributed by atoms with E-state index in [1.165, 1.54) is 16.5 Å². The van der Waals surface area contributed by atoms with Crippen LogP contribution in [-0.4, -0.2) is 53.7 Å². The van der Waals surface area contributed by atoms with Crippen molar-refractivity contribution in [1.82, 2.24) is 19.4 Å². The van der Waals surface area contributed by atoms with Gasteiger partial charge in [-0.15, -0.1) is 0 Å². The fourth-order valence-corrected chi connectivity index (χ4v) is 4.88. The molecule has 0 bridgehead atoms. The van der Waals surface area contributed by atoms with Crippen LogP contribution >= 0.6 is 0 Å². The SMILES string of the molecule is C=Cc1cnc(Nc2cc(N)c(NCCN(C)C)cc2NC)nc1-c1cn2c3c(cccc13)CCC2. The largest absolute Gasteiger partial charge is 0.397 e. The highest BCUT2D eigenvalue weighted by Crippen LogP contribution is 2.37. The van der Waals surface area contributed by atoms with Crippen LogP contribution in [0.4, 0.5) is 28.7 Å². The molecule has 5 N–H and O–H groups in total. The van der Waals surface area contributed by atoms with Gasteiger partial charge >= 0.3 is 0 Å². The molecule has 2 aromatic heterocycles. The van der Waals surface area contributed by atoms with Gasteiger partial charge in [0.1, 0.15) is 0 Å². The van der Waals surface area contributed by atoms with Crippen molar-refractivity contribution in [2.24, 2.45) is 0 Å². The van der Waals surface area contributed by atoms with Gasteiger partial charge in [0.2, 0.25) is 5.95 Å². The summed E-state index contributed by atoms with van der Waals surface area (Å²) in [6, 6.07) is 10.5. The first-order valence-electron chi connectivity index (χ1n) is 12.4. The first kappa shape index (κ1) is 23.7. The number of anilines is 5. The smallest absolute Gasteiger partial charge is 0.227 e. The quantitative estimate of drug-likeness (QED) is 0.249. The minimum Gasteiger partial charge on any atom is -0.397 e. The Kier molecular flexibility index (Phi) is 6.52. The molecular weight excluding hydrogens is 448 g/mol. The van der Waals surface area contributed by atoms with Crippen molar-refractivity contribution in [1.29, 1.82) is 0 Å². The number of aromatic nitrogens is 3. The average molecular weight is 483 g/mol. The molecule has 0 fully saturated rings. The fraction of sp³-hybridized carbons (Fsp3) is 0.286. The summed E-state index contributed by atoms with van der Waals surface area (Å²) in [4.78, 5) is 11.7. The second-order valence-electron chi connectivity index (χ2n) is 9.44. The molecule has 0 saturated carbocycles. The molecule has 0 aliphatic carbocycles. The number of nitrogen functional groups attached to an aromatic ring is 1. The Bertz CT molecular complexity index is 1420. The number of benzene rings is 2. The molecule has 8 heteroatoms. The lowest BCUT2D eigenvalue weighted by Crippen LogP contribution is -2.21. The Hall–Kier alpha value is -4.04. The van der Waals surface area contributed by atoms with E-state index in [1.807, 2.05) is 45.5 Å². The summed E-state index contributed by atoms with van der Waals surface area (Å²) in [6.45, 7) is 6.75. The van der Waals surface area contributed by atoms with E-state index in [-0.39, 0.29) is 0 Å². The number of para-hydroxylation sites is 1. The minimum atomic E-state index is 0.506. The summed E-state index contributed by atoms with van der Waals surface area (Å²) >= 11 is 0. The molecule has 4 aromatic rings. The van der Waals surface area contributed by atoms with Gasteiger partial charge in [-0.05, 0) is 44.6 Å². The van der Waals surface area contributed by atoms with Crippen molar-refractivity contribution in [3.8, 4) is 11.3 Å². The van der Waals surface area contributed by atoms with Crippen LogP contribution < -0.4 is 21.7 Å². The maximum atomic E-state index is 6.38. The van der Waals surface area contributed by atoms with E-state index in [2.05, 4.69) is 61.4 Å². The first-order chi connectivity index (χ1) is 17.5. The molecule has 0 amide bonds. The normalized spacial score (nSPS) is 12.7. The van der Waals surface area contributed by atoms with Crippen molar-refractivity contribution in [2.45, 2.75) is 19.4 Å². The Labute approximate surface area is 212 Å². The highest BCUT2D eigenvalue weighted by Gasteiger charge is 2.20. The van der Waals surface area contributed by atoms with E-state index < -0.39 is 0 Å². The van der Waals surface area contributed by atoms with Crippen LogP contribution in [0.25, 0.3) is 28.2 Å². The van der Waals surface area contributed by atoms with Gasteiger partial charge in [0.05, 0.1) is 34.0 Å².